The summed E-state index contributed by atoms with van der Waals surface area (Å²) in [6.07, 6.45) is 1.80. The summed E-state index contributed by atoms with van der Waals surface area (Å²) in [5.74, 6) is -0.780. The van der Waals surface area contributed by atoms with Crippen molar-refractivity contribution in [3.63, 3.8) is 0 Å². The van der Waals surface area contributed by atoms with E-state index < -0.39 is 11.9 Å². The first-order chi connectivity index (χ1) is 12.1. The van der Waals surface area contributed by atoms with E-state index in [1.807, 2.05) is 0 Å². The Balaban J connectivity index is 1.64. The second-order valence-corrected chi connectivity index (χ2v) is 7.21. The number of aromatic nitrogens is 2. The van der Waals surface area contributed by atoms with Crippen LogP contribution in [0.4, 0.5) is 0 Å². The molecule has 1 aliphatic heterocycles. The number of nitrogens with zero attached hydrogens (tertiary/aromatic N) is 2. The van der Waals surface area contributed by atoms with Gasteiger partial charge in [0.2, 0.25) is 0 Å². The normalized spacial score (nSPS) is 19.8. The molecule has 1 aliphatic rings. The van der Waals surface area contributed by atoms with Crippen molar-refractivity contribution in [1.29, 1.82) is 0 Å². The number of carbonyl (C=O) groups excluding carboxylic acids is 2. The van der Waals surface area contributed by atoms with Gasteiger partial charge in [-0.1, -0.05) is 0 Å². The van der Waals surface area contributed by atoms with Crippen LogP contribution in [0, 0.1) is 0 Å². The van der Waals surface area contributed by atoms with Crippen LogP contribution in [0.2, 0.25) is 0 Å². The molecule has 0 aromatic carbocycles. The Morgan fingerprint density at radius 3 is 1.84 bits per heavy atom. The summed E-state index contributed by atoms with van der Waals surface area (Å²) in [4.78, 5) is 32.2. The minimum absolute atomic E-state index is 0.0770. The molecule has 9 heteroatoms. The van der Waals surface area contributed by atoms with E-state index in [9.17, 15) is 9.59 Å². The monoisotopic (exact) mass is 381 g/mol. The number of nitrogens with one attached hydrogen (secondary N) is 1. The van der Waals surface area contributed by atoms with E-state index in [2.05, 4.69) is 15.3 Å². The quantitative estimate of drug-likeness (QED) is 0.769. The molecular formula is C16H19N3O4S2. The van der Waals surface area contributed by atoms with Crippen LogP contribution in [0.15, 0.2) is 10.8 Å². The highest BCUT2D eigenvalue weighted by molar-refractivity contribution is 7.10. The summed E-state index contributed by atoms with van der Waals surface area (Å²) >= 11 is 2.90. The third-order valence-electron chi connectivity index (χ3n) is 3.76. The molecule has 2 aromatic rings. The maximum Gasteiger partial charge on any atom is 0.357 e. The van der Waals surface area contributed by atoms with E-state index in [1.165, 1.54) is 22.7 Å². The van der Waals surface area contributed by atoms with E-state index in [-0.39, 0.29) is 12.1 Å². The van der Waals surface area contributed by atoms with Gasteiger partial charge in [-0.25, -0.2) is 19.6 Å². The molecule has 0 bridgehead atoms. The average Bonchev–Trinajstić information content (AvgIpc) is 3.33. The molecule has 3 rings (SSSR count). The molecule has 1 fully saturated rings. The lowest BCUT2D eigenvalue weighted by molar-refractivity contribution is 0.0511. The van der Waals surface area contributed by atoms with Gasteiger partial charge in [0.1, 0.15) is 10.0 Å². The third-order valence-corrected chi connectivity index (χ3v) is 5.67. The summed E-state index contributed by atoms with van der Waals surface area (Å²) in [6, 6.07) is 0.154. The van der Waals surface area contributed by atoms with Gasteiger partial charge in [0.05, 0.1) is 25.3 Å². The van der Waals surface area contributed by atoms with E-state index in [4.69, 9.17) is 9.47 Å². The van der Waals surface area contributed by atoms with Crippen LogP contribution in [-0.2, 0) is 9.47 Å². The highest BCUT2D eigenvalue weighted by atomic mass is 32.1. The van der Waals surface area contributed by atoms with Gasteiger partial charge >= 0.3 is 11.9 Å². The summed E-state index contributed by atoms with van der Waals surface area (Å²) in [6.45, 7) is 4.21. The first kappa shape index (κ1) is 18.0. The molecule has 2 aromatic heterocycles. The van der Waals surface area contributed by atoms with Crippen LogP contribution >= 0.6 is 22.7 Å². The van der Waals surface area contributed by atoms with Crippen molar-refractivity contribution in [1.82, 2.24) is 15.3 Å². The van der Waals surface area contributed by atoms with Crippen molar-refractivity contribution >= 4 is 34.6 Å². The Morgan fingerprint density at radius 2 is 1.44 bits per heavy atom. The van der Waals surface area contributed by atoms with Crippen molar-refractivity contribution in [2.45, 2.75) is 38.8 Å². The van der Waals surface area contributed by atoms with Gasteiger partial charge in [-0.05, 0) is 26.7 Å². The molecule has 2 atom stereocenters. The Bertz CT molecular complexity index is 696. The number of rotatable bonds is 6. The van der Waals surface area contributed by atoms with E-state index in [0.717, 1.165) is 22.9 Å². The van der Waals surface area contributed by atoms with Gasteiger partial charge in [0, 0.05) is 10.8 Å². The van der Waals surface area contributed by atoms with Crippen LogP contribution < -0.4 is 5.32 Å². The number of ether oxygens (including phenoxy) is 2. The molecule has 0 radical (unpaired) electrons. The first-order valence-electron chi connectivity index (χ1n) is 8.13. The summed E-state index contributed by atoms with van der Waals surface area (Å²) in [5, 5.41) is 8.67. The zero-order valence-electron chi connectivity index (χ0n) is 14.0. The molecular weight excluding hydrogens is 362 g/mol. The topological polar surface area (TPSA) is 90.4 Å². The van der Waals surface area contributed by atoms with Crippen molar-refractivity contribution in [3.05, 3.63) is 32.2 Å². The Labute approximate surface area is 153 Å². The highest BCUT2D eigenvalue weighted by Crippen LogP contribution is 2.36. The number of hydrogen-bond acceptors (Lipinski definition) is 9. The Kier molecular flexibility index (Phi) is 5.77. The molecule has 0 saturated carbocycles. The van der Waals surface area contributed by atoms with Gasteiger partial charge in [-0.2, -0.15) is 0 Å². The van der Waals surface area contributed by atoms with Gasteiger partial charge in [0.25, 0.3) is 0 Å². The minimum atomic E-state index is -0.390. The van der Waals surface area contributed by atoms with Gasteiger partial charge in [-0.3, -0.25) is 5.32 Å². The van der Waals surface area contributed by atoms with Gasteiger partial charge in [-0.15, -0.1) is 22.7 Å². The van der Waals surface area contributed by atoms with Crippen LogP contribution in [0.25, 0.3) is 0 Å². The maximum atomic E-state index is 11.7. The van der Waals surface area contributed by atoms with Gasteiger partial charge in [0.15, 0.2) is 11.4 Å². The molecule has 134 valence electrons. The lowest BCUT2D eigenvalue weighted by atomic mass is 10.2. The molecule has 0 spiro atoms. The molecule has 0 unspecified atom stereocenters. The lowest BCUT2D eigenvalue weighted by Crippen LogP contribution is -2.18. The fraction of sp³-hybridized carbons (Fsp3) is 0.500. The minimum Gasteiger partial charge on any atom is -0.461 e. The Hall–Kier alpha value is -1.84. The van der Waals surface area contributed by atoms with Crippen LogP contribution in [0.1, 0.15) is 69.8 Å². The van der Waals surface area contributed by atoms with Crippen molar-refractivity contribution in [2.24, 2.45) is 0 Å². The second kappa shape index (κ2) is 8.03. The average molecular weight is 381 g/mol. The smallest absolute Gasteiger partial charge is 0.357 e. The predicted molar refractivity (Wildman–Crippen MR) is 94.0 cm³/mol. The predicted octanol–water partition coefficient (Wildman–Crippen LogP) is 3.12. The van der Waals surface area contributed by atoms with Crippen LogP contribution in [-0.4, -0.2) is 35.1 Å². The standard InChI is InChI=1S/C16H19N3O4S2/c1-3-22-15(20)11-7-24-13(18-11)9-5-6-10(17-9)14-19-12(8-25-14)16(21)23-4-2/h7-10,17H,3-6H2,1-2H3/t9-,10-/m1/s1. The molecule has 1 N–H and O–H groups in total. The fourth-order valence-corrected chi connectivity index (χ4v) is 4.39. The first-order valence-corrected chi connectivity index (χ1v) is 9.89. The number of hydrogen-bond donors (Lipinski definition) is 1. The van der Waals surface area contributed by atoms with Crippen molar-refractivity contribution in [3.8, 4) is 0 Å². The molecule has 1 saturated heterocycles. The van der Waals surface area contributed by atoms with Gasteiger partial charge < -0.3 is 9.47 Å². The fourth-order valence-electron chi connectivity index (χ4n) is 2.63. The number of carbonyl (C=O) groups is 2. The van der Waals surface area contributed by atoms with Crippen molar-refractivity contribution in [2.75, 3.05) is 13.2 Å². The molecule has 3 heterocycles. The molecule has 25 heavy (non-hydrogen) atoms. The van der Waals surface area contributed by atoms with Crippen LogP contribution in [0.5, 0.6) is 0 Å². The van der Waals surface area contributed by atoms with E-state index in [0.29, 0.717) is 24.6 Å². The number of esters is 2. The zero-order valence-corrected chi connectivity index (χ0v) is 15.6. The molecule has 0 amide bonds. The third kappa shape index (κ3) is 4.05. The highest BCUT2D eigenvalue weighted by Gasteiger charge is 2.31. The van der Waals surface area contributed by atoms with E-state index >= 15 is 0 Å². The number of thiazole rings is 2. The Morgan fingerprint density at radius 1 is 1.00 bits per heavy atom. The second-order valence-electron chi connectivity index (χ2n) is 5.43. The summed E-state index contributed by atoms with van der Waals surface area (Å²) in [7, 11) is 0. The molecule has 7 nitrogen and oxygen atoms in total. The SMILES string of the molecule is CCOC(=O)c1csc([C@H]2CC[C@H](c3nc(C(=O)OCC)cs3)N2)n1. The maximum absolute atomic E-state index is 11.7. The van der Waals surface area contributed by atoms with E-state index in [1.54, 1.807) is 24.6 Å². The summed E-state index contributed by atoms with van der Waals surface area (Å²) < 4.78 is 9.94. The van der Waals surface area contributed by atoms with Crippen LogP contribution in [0.3, 0.4) is 0 Å². The zero-order chi connectivity index (χ0) is 17.8. The van der Waals surface area contributed by atoms with Crippen molar-refractivity contribution < 1.29 is 19.1 Å². The lowest BCUT2D eigenvalue weighted by Gasteiger charge is -2.10. The summed E-state index contributed by atoms with van der Waals surface area (Å²) in [5.41, 5.74) is 0.705. The largest absolute Gasteiger partial charge is 0.461 e. The molecule has 0 aliphatic carbocycles.